The van der Waals surface area contributed by atoms with E-state index in [0.717, 1.165) is 0 Å². The van der Waals surface area contributed by atoms with E-state index in [2.05, 4.69) is 26.0 Å². The summed E-state index contributed by atoms with van der Waals surface area (Å²) in [5.41, 5.74) is 1.31. The van der Waals surface area contributed by atoms with E-state index in [1.165, 1.54) is 89.9 Å². The second-order valence-corrected chi connectivity index (χ2v) is 8.31. The summed E-state index contributed by atoms with van der Waals surface area (Å²) in [6.07, 6.45) is 25.2. The Balaban J connectivity index is 1.59. The fraction of sp³-hybridized carbons (Fsp3) is 0.900. The molecule has 0 unspecified atom stereocenters. The summed E-state index contributed by atoms with van der Waals surface area (Å²) < 4.78 is 0. The van der Waals surface area contributed by atoms with Crippen LogP contribution in [0.25, 0.3) is 0 Å². The molecule has 20 heavy (non-hydrogen) atoms. The topological polar surface area (TPSA) is 0 Å². The summed E-state index contributed by atoms with van der Waals surface area (Å²) in [6, 6.07) is 0. The van der Waals surface area contributed by atoms with Gasteiger partial charge in [0.05, 0.1) is 0 Å². The monoisotopic (exact) mass is 276 g/mol. The maximum absolute atomic E-state index is 2.53. The molecule has 2 saturated carbocycles. The zero-order chi connectivity index (χ0) is 14.3. The zero-order valence-electron chi connectivity index (χ0n) is 14.1. The van der Waals surface area contributed by atoms with Gasteiger partial charge in [0, 0.05) is 0 Å². The van der Waals surface area contributed by atoms with Crippen molar-refractivity contribution in [2.45, 2.75) is 104 Å². The Hall–Kier alpha value is -0.260. The van der Waals surface area contributed by atoms with Gasteiger partial charge in [0.25, 0.3) is 0 Å². The number of hydrogen-bond acceptors (Lipinski definition) is 0. The lowest BCUT2D eigenvalue weighted by Crippen LogP contribution is -2.19. The van der Waals surface area contributed by atoms with Crippen LogP contribution in [-0.4, -0.2) is 0 Å². The van der Waals surface area contributed by atoms with Gasteiger partial charge in [-0.3, -0.25) is 0 Å². The Morgan fingerprint density at radius 3 is 1.85 bits per heavy atom. The maximum atomic E-state index is 2.53. The van der Waals surface area contributed by atoms with E-state index in [4.69, 9.17) is 0 Å². The van der Waals surface area contributed by atoms with Gasteiger partial charge in [0.15, 0.2) is 0 Å². The third kappa shape index (κ3) is 5.26. The molecule has 0 heterocycles. The van der Waals surface area contributed by atoms with E-state index in [1.54, 1.807) is 0 Å². The Bertz CT molecular complexity index is 287. The molecule has 0 saturated heterocycles. The molecule has 0 heteroatoms. The van der Waals surface area contributed by atoms with Crippen LogP contribution >= 0.6 is 0 Å². The minimum absolute atomic E-state index is 0.629. The first-order valence-electron chi connectivity index (χ1n) is 9.27. The van der Waals surface area contributed by atoms with Crippen molar-refractivity contribution in [3.8, 4) is 0 Å². The first-order valence-corrected chi connectivity index (χ1v) is 9.27. The highest BCUT2D eigenvalue weighted by Gasteiger charge is 2.26. The van der Waals surface area contributed by atoms with Gasteiger partial charge in [-0.05, 0) is 62.2 Å². The molecule has 0 aromatic heterocycles. The summed E-state index contributed by atoms with van der Waals surface area (Å²) in [5.74, 6) is 0. The molecule has 2 rings (SSSR count). The van der Waals surface area contributed by atoms with Crippen LogP contribution in [0.2, 0.25) is 0 Å². The van der Waals surface area contributed by atoms with E-state index < -0.39 is 0 Å². The highest BCUT2D eigenvalue weighted by atomic mass is 14.3. The molecular formula is C20H36. The first-order chi connectivity index (χ1) is 9.62. The number of hydrogen-bond donors (Lipinski definition) is 0. The van der Waals surface area contributed by atoms with Crippen molar-refractivity contribution in [2.24, 2.45) is 10.8 Å². The summed E-state index contributed by atoms with van der Waals surface area (Å²) in [5, 5.41) is 0. The summed E-state index contributed by atoms with van der Waals surface area (Å²) in [6.45, 7) is 5.03. The molecule has 2 aliphatic carbocycles. The molecular weight excluding hydrogens is 240 g/mol. The van der Waals surface area contributed by atoms with Gasteiger partial charge in [-0.25, -0.2) is 0 Å². The van der Waals surface area contributed by atoms with Crippen LogP contribution in [-0.2, 0) is 0 Å². The second kappa shape index (κ2) is 7.66. The maximum Gasteiger partial charge on any atom is -0.0291 e. The smallest absolute Gasteiger partial charge is 0.0291 e. The molecule has 0 nitrogen and oxygen atoms in total. The Morgan fingerprint density at radius 1 is 0.700 bits per heavy atom. The van der Waals surface area contributed by atoms with Crippen molar-refractivity contribution < 1.29 is 0 Å². The zero-order valence-corrected chi connectivity index (χ0v) is 14.1. The summed E-state index contributed by atoms with van der Waals surface area (Å²) in [4.78, 5) is 0. The minimum Gasteiger partial charge on any atom is -0.0885 e. The second-order valence-electron chi connectivity index (χ2n) is 8.31. The molecule has 2 aliphatic rings. The van der Waals surface area contributed by atoms with E-state index in [-0.39, 0.29) is 0 Å². The standard InChI is InChI=1S/C20H36/c1-19(15-9-5-10-16-19)13-7-3-4-8-14-20(2)17-11-6-12-18-20/h3,7H,4-6,8-18H2,1-2H3/b7-3-. The molecule has 0 amide bonds. The van der Waals surface area contributed by atoms with Gasteiger partial charge in [0.2, 0.25) is 0 Å². The van der Waals surface area contributed by atoms with Crippen molar-refractivity contribution in [1.82, 2.24) is 0 Å². The SMILES string of the molecule is CC1(C/C=C\CCCC2(C)CCCCC2)CCCCC1. The molecule has 0 bridgehead atoms. The molecule has 2 fully saturated rings. The third-order valence-corrected chi connectivity index (χ3v) is 6.05. The quantitative estimate of drug-likeness (QED) is 0.360. The van der Waals surface area contributed by atoms with Gasteiger partial charge < -0.3 is 0 Å². The Kier molecular flexibility index (Phi) is 6.18. The van der Waals surface area contributed by atoms with Gasteiger partial charge in [-0.1, -0.05) is 64.5 Å². The van der Waals surface area contributed by atoms with Crippen molar-refractivity contribution in [2.75, 3.05) is 0 Å². The molecule has 0 aliphatic heterocycles. The predicted molar refractivity (Wildman–Crippen MR) is 90.0 cm³/mol. The summed E-state index contributed by atoms with van der Waals surface area (Å²) >= 11 is 0. The largest absolute Gasteiger partial charge is 0.0885 e. The van der Waals surface area contributed by atoms with Crippen molar-refractivity contribution in [1.29, 1.82) is 0 Å². The normalized spacial score (nSPS) is 25.9. The third-order valence-electron chi connectivity index (χ3n) is 6.05. The lowest BCUT2D eigenvalue weighted by Gasteiger charge is -2.33. The fourth-order valence-corrected chi connectivity index (χ4v) is 4.40. The molecule has 0 aromatic rings. The van der Waals surface area contributed by atoms with E-state index >= 15 is 0 Å². The molecule has 0 N–H and O–H groups in total. The van der Waals surface area contributed by atoms with Crippen LogP contribution in [0.5, 0.6) is 0 Å². The molecule has 0 aromatic carbocycles. The summed E-state index contributed by atoms with van der Waals surface area (Å²) in [7, 11) is 0. The van der Waals surface area contributed by atoms with Crippen LogP contribution < -0.4 is 0 Å². The van der Waals surface area contributed by atoms with Crippen LogP contribution in [0, 0.1) is 10.8 Å². The van der Waals surface area contributed by atoms with Crippen molar-refractivity contribution in [3.05, 3.63) is 12.2 Å². The van der Waals surface area contributed by atoms with Crippen LogP contribution in [0.4, 0.5) is 0 Å². The molecule has 0 atom stereocenters. The van der Waals surface area contributed by atoms with E-state index in [9.17, 15) is 0 Å². The average Bonchev–Trinajstić information content (AvgIpc) is 2.44. The number of unbranched alkanes of at least 4 members (excludes halogenated alkanes) is 1. The lowest BCUT2D eigenvalue weighted by atomic mass is 9.72. The Morgan fingerprint density at radius 2 is 1.25 bits per heavy atom. The van der Waals surface area contributed by atoms with Crippen LogP contribution in [0.15, 0.2) is 12.2 Å². The first kappa shape index (κ1) is 16.1. The van der Waals surface area contributed by atoms with E-state index in [0.29, 0.717) is 10.8 Å². The molecule has 0 spiro atoms. The minimum atomic E-state index is 0.629. The molecule has 0 radical (unpaired) electrons. The van der Waals surface area contributed by atoms with Gasteiger partial charge in [0.1, 0.15) is 0 Å². The van der Waals surface area contributed by atoms with Gasteiger partial charge in [-0.15, -0.1) is 0 Å². The lowest BCUT2D eigenvalue weighted by molar-refractivity contribution is 0.195. The van der Waals surface area contributed by atoms with Gasteiger partial charge >= 0.3 is 0 Å². The van der Waals surface area contributed by atoms with Gasteiger partial charge in [-0.2, -0.15) is 0 Å². The number of allylic oxidation sites excluding steroid dienone is 2. The van der Waals surface area contributed by atoms with Crippen molar-refractivity contribution in [3.63, 3.8) is 0 Å². The predicted octanol–water partition coefficient (Wildman–Crippen LogP) is 7.04. The molecule has 116 valence electrons. The number of rotatable bonds is 6. The average molecular weight is 277 g/mol. The van der Waals surface area contributed by atoms with Crippen molar-refractivity contribution >= 4 is 0 Å². The van der Waals surface area contributed by atoms with Crippen LogP contribution in [0.3, 0.4) is 0 Å². The Labute approximate surface area is 127 Å². The van der Waals surface area contributed by atoms with E-state index in [1.807, 2.05) is 0 Å². The highest BCUT2D eigenvalue weighted by Crippen LogP contribution is 2.40. The van der Waals surface area contributed by atoms with Crippen LogP contribution in [0.1, 0.15) is 104 Å². The highest BCUT2D eigenvalue weighted by molar-refractivity contribution is 4.91. The fourth-order valence-electron chi connectivity index (χ4n) is 4.40.